The molecule has 12 heteroatoms. The highest BCUT2D eigenvalue weighted by molar-refractivity contribution is 8.75. The van der Waals surface area contributed by atoms with E-state index in [0.717, 1.165) is 35.7 Å². The Morgan fingerprint density at radius 2 is 1.33 bits per heavy atom. The molecule has 154 valence electrons. The molecule has 0 aromatic heterocycles. The number of ether oxygens (including phenoxy) is 5. The van der Waals surface area contributed by atoms with Crippen molar-refractivity contribution in [2.24, 2.45) is 0 Å². The Morgan fingerprint density at radius 1 is 0.815 bits per heavy atom. The summed E-state index contributed by atoms with van der Waals surface area (Å²) in [6, 6.07) is 0. The van der Waals surface area contributed by atoms with Crippen molar-refractivity contribution < 1.29 is 47.0 Å². The van der Waals surface area contributed by atoms with Crippen LogP contribution < -0.4 is 0 Å². The van der Waals surface area contributed by atoms with Crippen molar-refractivity contribution in [2.45, 2.75) is 57.5 Å². The third kappa shape index (κ3) is 7.95. The van der Waals surface area contributed by atoms with Crippen molar-refractivity contribution in [2.75, 3.05) is 13.7 Å². The summed E-state index contributed by atoms with van der Waals surface area (Å²) in [6.07, 6.45) is -4.36. The molecule has 0 unspecified atom stereocenters. The number of esters is 4. The molecule has 0 aromatic rings. The van der Waals surface area contributed by atoms with Crippen LogP contribution in [0.25, 0.3) is 0 Å². The number of carbonyl (C=O) groups excluding carboxylic acids is 4. The maximum atomic E-state index is 11.6. The lowest BCUT2D eigenvalue weighted by Crippen LogP contribution is -2.61. The molecule has 27 heavy (non-hydrogen) atoms. The molecule has 5 atom stereocenters. The topological polar surface area (TPSA) is 124 Å². The van der Waals surface area contributed by atoms with Gasteiger partial charge in [0.1, 0.15) is 12.7 Å². The summed E-state index contributed by atoms with van der Waals surface area (Å²) in [4.78, 5) is 45.9. The highest BCUT2D eigenvalue weighted by Crippen LogP contribution is 2.39. The zero-order valence-corrected chi connectivity index (χ0v) is 17.1. The van der Waals surface area contributed by atoms with Crippen LogP contribution >= 0.6 is 21.9 Å². The molecule has 1 heterocycles. The zero-order chi connectivity index (χ0) is 20.6. The summed E-state index contributed by atoms with van der Waals surface area (Å²) >= 11 is 0.952. The summed E-state index contributed by atoms with van der Waals surface area (Å²) in [5.74, 6) is -2.56. The van der Waals surface area contributed by atoms with E-state index in [-0.39, 0.29) is 6.61 Å². The fourth-order valence-corrected chi connectivity index (χ4v) is 3.94. The van der Waals surface area contributed by atoms with Gasteiger partial charge in [-0.05, 0) is 10.8 Å². The standard InChI is InChI=1S/C15H22O10S2/c1-7(16)21-6-11-12(22-8(2)17)13(23-9(3)18)14(24-10(4)19)15(25-11)26-27-20-5/h11-15H,6H2,1-5H3/t11-,12-,13+,14-,15+/m1/s1. The van der Waals surface area contributed by atoms with Gasteiger partial charge in [-0.1, -0.05) is 0 Å². The van der Waals surface area contributed by atoms with Crippen LogP contribution in [0.3, 0.4) is 0 Å². The van der Waals surface area contributed by atoms with Gasteiger partial charge < -0.3 is 27.9 Å². The quantitative estimate of drug-likeness (QED) is 0.238. The Hall–Kier alpha value is -1.50. The van der Waals surface area contributed by atoms with E-state index in [1.165, 1.54) is 21.0 Å². The molecule has 1 saturated heterocycles. The monoisotopic (exact) mass is 426 g/mol. The van der Waals surface area contributed by atoms with E-state index in [1.807, 2.05) is 0 Å². The molecule has 0 aromatic carbocycles. The fourth-order valence-electron chi connectivity index (χ4n) is 2.34. The third-order valence-corrected chi connectivity index (χ3v) is 5.15. The Balaban J connectivity index is 3.22. The van der Waals surface area contributed by atoms with E-state index < -0.39 is 53.7 Å². The summed E-state index contributed by atoms with van der Waals surface area (Å²) in [7, 11) is 2.49. The van der Waals surface area contributed by atoms with Crippen molar-refractivity contribution in [3.05, 3.63) is 0 Å². The molecule has 0 amide bonds. The first kappa shape index (κ1) is 23.5. The molecular formula is C15H22O10S2. The van der Waals surface area contributed by atoms with Gasteiger partial charge >= 0.3 is 23.9 Å². The predicted octanol–water partition coefficient (Wildman–Crippen LogP) is 1.01. The zero-order valence-electron chi connectivity index (χ0n) is 15.5. The van der Waals surface area contributed by atoms with E-state index in [4.69, 9.17) is 27.9 Å². The highest BCUT2D eigenvalue weighted by Gasteiger charge is 2.52. The first-order valence-corrected chi connectivity index (χ1v) is 9.96. The van der Waals surface area contributed by atoms with Crippen molar-refractivity contribution in [3.8, 4) is 0 Å². The first-order valence-electron chi connectivity index (χ1n) is 7.82. The lowest BCUT2D eigenvalue weighted by molar-refractivity contribution is -0.237. The van der Waals surface area contributed by atoms with Gasteiger partial charge in [0.25, 0.3) is 0 Å². The van der Waals surface area contributed by atoms with Gasteiger partial charge in [-0.25, -0.2) is 0 Å². The van der Waals surface area contributed by atoms with Crippen LogP contribution in [-0.2, 0) is 47.0 Å². The van der Waals surface area contributed by atoms with Crippen LogP contribution in [0, 0.1) is 0 Å². The predicted molar refractivity (Wildman–Crippen MR) is 94.1 cm³/mol. The van der Waals surface area contributed by atoms with E-state index in [1.54, 1.807) is 0 Å². The Labute approximate surface area is 164 Å². The maximum absolute atomic E-state index is 11.6. The van der Waals surface area contributed by atoms with E-state index in [2.05, 4.69) is 0 Å². The minimum Gasteiger partial charge on any atom is -0.463 e. The fraction of sp³-hybridized carbons (Fsp3) is 0.733. The summed E-state index contributed by atoms with van der Waals surface area (Å²) < 4.78 is 31.5. The van der Waals surface area contributed by atoms with Crippen molar-refractivity contribution in [1.82, 2.24) is 0 Å². The van der Waals surface area contributed by atoms with E-state index >= 15 is 0 Å². The minimum absolute atomic E-state index is 0.257. The van der Waals surface area contributed by atoms with Crippen molar-refractivity contribution >= 4 is 45.7 Å². The second-order valence-corrected chi connectivity index (χ2v) is 7.51. The van der Waals surface area contributed by atoms with Crippen LogP contribution in [0.15, 0.2) is 0 Å². The lowest BCUT2D eigenvalue weighted by Gasteiger charge is -2.43. The normalized spacial score (nSPS) is 27.4. The SMILES string of the molecule is COSS[C@@H]1O[C@H](COC(C)=O)[C@@H](OC(C)=O)[C@H](OC(C)=O)[C@H]1OC(C)=O. The molecular weight excluding hydrogens is 404 g/mol. The molecule has 0 saturated carbocycles. The van der Waals surface area contributed by atoms with Gasteiger partial charge in [-0.3, -0.25) is 19.2 Å². The Morgan fingerprint density at radius 3 is 1.81 bits per heavy atom. The van der Waals surface area contributed by atoms with Gasteiger partial charge in [-0.2, -0.15) is 0 Å². The second-order valence-electron chi connectivity index (χ2n) is 5.40. The highest BCUT2D eigenvalue weighted by atomic mass is 33.1. The molecule has 0 N–H and O–H groups in total. The molecule has 0 radical (unpaired) electrons. The summed E-state index contributed by atoms with van der Waals surface area (Å²) in [5, 5.41) is 0. The molecule has 1 rings (SSSR count). The van der Waals surface area contributed by atoms with Gasteiger partial charge in [0.05, 0.1) is 18.2 Å². The second kappa shape index (κ2) is 11.4. The van der Waals surface area contributed by atoms with Crippen molar-refractivity contribution in [3.63, 3.8) is 0 Å². The van der Waals surface area contributed by atoms with Crippen LogP contribution in [-0.4, -0.2) is 67.4 Å². The van der Waals surface area contributed by atoms with Gasteiger partial charge in [0, 0.05) is 27.7 Å². The number of hydrogen-bond acceptors (Lipinski definition) is 12. The van der Waals surface area contributed by atoms with E-state index in [0.29, 0.717) is 0 Å². The average molecular weight is 426 g/mol. The molecule has 10 nitrogen and oxygen atoms in total. The summed E-state index contributed by atoms with van der Waals surface area (Å²) in [6.45, 7) is 4.46. The summed E-state index contributed by atoms with van der Waals surface area (Å²) in [5.41, 5.74) is -0.851. The number of hydrogen-bond donors (Lipinski definition) is 0. The van der Waals surface area contributed by atoms with Gasteiger partial charge in [-0.15, -0.1) is 0 Å². The van der Waals surface area contributed by atoms with Gasteiger partial charge in [0.2, 0.25) is 0 Å². The lowest BCUT2D eigenvalue weighted by atomic mass is 9.99. The third-order valence-electron chi connectivity index (χ3n) is 3.15. The molecule has 1 aliphatic heterocycles. The molecule has 0 bridgehead atoms. The molecule has 0 spiro atoms. The van der Waals surface area contributed by atoms with Crippen LogP contribution in [0.1, 0.15) is 27.7 Å². The van der Waals surface area contributed by atoms with Crippen LogP contribution in [0.4, 0.5) is 0 Å². The minimum atomic E-state index is -1.17. The number of carbonyl (C=O) groups is 4. The average Bonchev–Trinajstić information content (AvgIpc) is 2.54. The largest absolute Gasteiger partial charge is 0.463 e. The Bertz CT molecular complexity index is 555. The smallest absolute Gasteiger partial charge is 0.303 e. The maximum Gasteiger partial charge on any atom is 0.303 e. The van der Waals surface area contributed by atoms with Crippen molar-refractivity contribution in [1.29, 1.82) is 0 Å². The van der Waals surface area contributed by atoms with Gasteiger partial charge in [0.15, 0.2) is 23.7 Å². The molecule has 1 aliphatic rings. The van der Waals surface area contributed by atoms with Crippen LogP contribution in [0.5, 0.6) is 0 Å². The molecule has 1 fully saturated rings. The van der Waals surface area contributed by atoms with Crippen LogP contribution in [0.2, 0.25) is 0 Å². The number of rotatable bonds is 8. The van der Waals surface area contributed by atoms with E-state index in [9.17, 15) is 19.2 Å². The Kier molecular flexibility index (Phi) is 9.91. The molecule has 0 aliphatic carbocycles. The first-order chi connectivity index (χ1) is 12.6.